The monoisotopic (exact) mass is 388 g/mol. The lowest BCUT2D eigenvalue weighted by Gasteiger charge is -2.28. The number of amides is 1. The van der Waals surface area contributed by atoms with Gasteiger partial charge in [-0.05, 0) is 44.0 Å². The normalized spacial score (nSPS) is 18.3. The van der Waals surface area contributed by atoms with Crippen LogP contribution in [0.5, 0.6) is 0 Å². The zero-order chi connectivity index (χ0) is 18.8. The van der Waals surface area contributed by atoms with E-state index in [1.54, 1.807) is 0 Å². The summed E-state index contributed by atoms with van der Waals surface area (Å²) in [5.41, 5.74) is 1.92. The number of ether oxygens (including phenoxy) is 1. The fraction of sp³-hybridized carbons (Fsp3) is 0.500. The molecule has 1 aromatic carbocycles. The molecule has 1 saturated heterocycles. The maximum atomic E-state index is 12.5. The molecule has 2 aliphatic rings. The second-order valence-corrected chi connectivity index (χ2v) is 8.19. The third kappa shape index (κ3) is 4.19. The van der Waals surface area contributed by atoms with Crippen LogP contribution in [0.2, 0.25) is 0 Å². The van der Waals surface area contributed by atoms with Crippen molar-refractivity contribution in [2.45, 2.75) is 36.1 Å². The van der Waals surface area contributed by atoms with E-state index in [-0.39, 0.29) is 11.2 Å². The van der Waals surface area contributed by atoms with Crippen molar-refractivity contribution in [1.29, 1.82) is 0 Å². The van der Waals surface area contributed by atoms with Gasteiger partial charge in [0.2, 0.25) is 11.1 Å². The SMILES string of the molecule is C[C@@H](Sc1nnc(C2CC2)n1N)C(=O)Nc1ccc(N2CCOCC2)cc1. The van der Waals surface area contributed by atoms with E-state index in [1.807, 2.05) is 31.2 Å². The highest BCUT2D eigenvalue weighted by molar-refractivity contribution is 8.00. The topological polar surface area (TPSA) is 98.3 Å². The molecule has 144 valence electrons. The van der Waals surface area contributed by atoms with Crippen LogP contribution in [-0.4, -0.2) is 52.3 Å². The molecule has 3 N–H and O–H groups in total. The van der Waals surface area contributed by atoms with Gasteiger partial charge in [0.15, 0.2) is 5.82 Å². The molecule has 1 atom stereocenters. The van der Waals surface area contributed by atoms with Crippen molar-refractivity contribution in [3.63, 3.8) is 0 Å². The number of anilines is 2. The smallest absolute Gasteiger partial charge is 0.237 e. The van der Waals surface area contributed by atoms with Crippen LogP contribution in [0, 0.1) is 0 Å². The van der Waals surface area contributed by atoms with Gasteiger partial charge in [-0.1, -0.05) is 11.8 Å². The lowest BCUT2D eigenvalue weighted by Crippen LogP contribution is -2.36. The minimum atomic E-state index is -0.331. The van der Waals surface area contributed by atoms with E-state index >= 15 is 0 Å². The number of rotatable bonds is 6. The summed E-state index contributed by atoms with van der Waals surface area (Å²) in [5.74, 6) is 7.20. The molecule has 0 spiro atoms. The molecular weight excluding hydrogens is 364 g/mol. The number of nitrogens with two attached hydrogens (primary N) is 1. The first-order valence-corrected chi connectivity index (χ1v) is 10.1. The van der Waals surface area contributed by atoms with Crippen LogP contribution in [0.25, 0.3) is 0 Å². The summed E-state index contributed by atoms with van der Waals surface area (Å²) in [7, 11) is 0. The van der Waals surface area contributed by atoms with Crippen LogP contribution in [0.3, 0.4) is 0 Å². The van der Waals surface area contributed by atoms with Gasteiger partial charge in [-0.15, -0.1) is 10.2 Å². The second-order valence-electron chi connectivity index (χ2n) is 6.88. The first-order chi connectivity index (χ1) is 13.1. The number of hydrogen-bond donors (Lipinski definition) is 2. The summed E-state index contributed by atoms with van der Waals surface area (Å²) in [6, 6.07) is 7.90. The minimum Gasteiger partial charge on any atom is -0.378 e. The summed E-state index contributed by atoms with van der Waals surface area (Å²) in [6.07, 6.45) is 2.22. The van der Waals surface area contributed by atoms with E-state index in [0.29, 0.717) is 11.1 Å². The highest BCUT2D eigenvalue weighted by Crippen LogP contribution is 2.39. The quantitative estimate of drug-likeness (QED) is 0.575. The first kappa shape index (κ1) is 18.1. The lowest BCUT2D eigenvalue weighted by molar-refractivity contribution is -0.115. The van der Waals surface area contributed by atoms with Crippen molar-refractivity contribution in [3.05, 3.63) is 30.1 Å². The Balaban J connectivity index is 1.34. The number of nitrogens with one attached hydrogen (secondary N) is 1. The summed E-state index contributed by atoms with van der Waals surface area (Å²) in [5, 5.41) is 11.5. The average molecular weight is 388 g/mol. The Hall–Kier alpha value is -2.26. The number of hydrogen-bond acceptors (Lipinski definition) is 7. The van der Waals surface area contributed by atoms with Crippen molar-refractivity contribution < 1.29 is 9.53 Å². The molecule has 0 radical (unpaired) electrons. The average Bonchev–Trinajstić information content (AvgIpc) is 3.47. The van der Waals surface area contributed by atoms with Gasteiger partial charge in [0.1, 0.15) is 0 Å². The Morgan fingerprint density at radius 3 is 2.63 bits per heavy atom. The lowest BCUT2D eigenvalue weighted by atomic mass is 10.2. The van der Waals surface area contributed by atoms with Crippen molar-refractivity contribution in [2.24, 2.45) is 0 Å². The van der Waals surface area contributed by atoms with Gasteiger partial charge in [0.25, 0.3) is 0 Å². The maximum absolute atomic E-state index is 12.5. The first-order valence-electron chi connectivity index (χ1n) is 9.22. The molecule has 2 aromatic rings. The van der Waals surface area contributed by atoms with Crippen LogP contribution in [-0.2, 0) is 9.53 Å². The maximum Gasteiger partial charge on any atom is 0.237 e. The number of nitrogens with zero attached hydrogens (tertiary/aromatic N) is 4. The van der Waals surface area contributed by atoms with Gasteiger partial charge in [-0.3, -0.25) is 4.79 Å². The van der Waals surface area contributed by atoms with E-state index in [9.17, 15) is 4.79 Å². The number of carbonyl (C=O) groups excluding carboxylic acids is 1. The van der Waals surface area contributed by atoms with Gasteiger partial charge < -0.3 is 20.8 Å². The molecule has 4 rings (SSSR count). The van der Waals surface area contributed by atoms with Crippen molar-refractivity contribution in [2.75, 3.05) is 42.4 Å². The molecule has 8 nitrogen and oxygen atoms in total. The molecule has 1 saturated carbocycles. The third-order valence-electron chi connectivity index (χ3n) is 4.80. The minimum absolute atomic E-state index is 0.0879. The van der Waals surface area contributed by atoms with Crippen LogP contribution >= 0.6 is 11.8 Å². The predicted octanol–water partition coefficient (Wildman–Crippen LogP) is 1.83. The second kappa shape index (κ2) is 7.77. The van der Waals surface area contributed by atoms with Crippen LogP contribution in [0.1, 0.15) is 31.5 Å². The largest absolute Gasteiger partial charge is 0.378 e. The Morgan fingerprint density at radius 2 is 1.96 bits per heavy atom. The van der Waals surface area contributed by atoms with E-state index in [0.717, 1.165) is 56.3 Å². The molecule has 9 heteroatoms. The van der Waals surface area contributed by atoms with Gasteiger partial charge in [0.05, 0.1) is 18.5 Å². The molecule has 1 amide bonds. The molecular formula is C18H24N6O2S. The molecule has 27 heavy (non-hydrogen) atoms. The number of benzene rings is 1. The molecule has 0 bridgehead atoms. The van der Waals surface area contributed by atoms with Gasteiger partial charge in [0, 0.05) is 30.4 Å². The third-order valence-corrected chi connectivity index (χ3v) is 5.85. The Bertz CT molecular complexity index is 799. The van der Waals surface area contributed by atoms with E-state index in [1.165, 1.54) is 16.4 Å². The molecule has 1 aliphatic carbocycles. The highest BCUT2D eigenvalue weighted by atomic mass is 32.2. The number of morpholine rings is 1. The van der Waals surface area contributed by atoms with Gasteiger partial charge >= 0.3 is 0 Å². The molecule has 2 fully saturated rings. The van der Waals surface area contributed by atoms with Gasteiger partial charge in [-0.2, -0.15) is 0 Å². The summed E-state index contributed by atoms with van der Waals surface area (Å²) < 4.78 is 6.89. The number of carbonyl (C=O) groups is 1. The fourth-order valence-corrected chi connectivity index (χ4v) is 3.80. The Morgan fingerprint density at radius 1 is 1.26 bits per heavy atom. The molecule has 1 aromatic heterocycles. The van der Waals surface area contributed by atoms with Crippen LogP contribution in [0.15, 0.2) is 29.4 Å². The van der Waals surface area contributed by atoms with Gasteiger partial charge in [-0.25, -0.2) is 4.68 Å². The van der Waals surface area contributed by atoms with Crippen molar-refractivity contribution in [1.82, 2.24) is 14.9 Å². The van der Waals surface area contributed by atoms with Crippen LogP contribution < -0.4 is 16.1 Å². The predicted molar refractivity (Wildman–Crippen MR) is 106 cm³/mol. The van der Waals surface area contributed by atoms with Crippen LogP contribution in [0.4, 0.5) is 11.4 Å². The van der Waals surface area contributed by atoms with Crippen molar-refractivity contribution in [3.8, 4) is 0 Å². The number of nitrogen functional groups attached to an aromatic ring is 1. The summed E-state index contributed by atoms with van der Waals surface area (Å²) in [6.45, 7) is 5.13. The Kier molecular flexibility index (Phi) is 5.22. The molecule has 2 heterocycles. The zero-order valence-electron chi connectivity index (χ0n) is 15.3. The van der Waals surface area contributed by atoms with E-state index < -0.39 is 0 Å². The zero-order valence-corrected chi connectivity index (χ0v) is 16.1. The molecule has 0 unspecified atom stereocenters. The molecule has 1 aliphatic heterocycles. The summed E-state index contributed by atoms with van der Waals surface area (Å²) in [4.78, 5) is 14.8. The number of thioether (sulfide) groups is 1. The number of aromatic nitrogens is 3. The summed E-state index contributed by atoms with van der Waals surface area (Å²) >= 11 is 1.32. The van der Waals surface area contributed by atoms with E-state index in [2.05, 4.69) is 20.4 Å². The highest BCUT2D eigenvalue weighted by Gasteiger charge is 2.30. The Labute approximate surface area is 162 Å². The fourth-order valence-electron chi connectivity index (χ4n) is 3.02. The van der Waals surface area contributed by atoms with E-state index in [4.69, 9.17) is 10.6 Å². The standard InChI is InChI=1S/C18H24N6O2S/c1-12(27-18-22-21-16(24(18)19)13-2-3-13)17(25)20-14-4-6-15(7-5-14)23-8-10-26-11-9-23/h4-7,12-13H,2-3,8-11,19H2,1H3,(H,20,25)/t12-/m1/s1. The van der Waals surface area contributed by atoms with Crippen molar-refractivity contribution >= 4 is 29.0 Å².